The van der Waals surface area contributed by atoms with Gasteiger partial charge in [-0.1, -0.05) is 11.6 Å². The molecule has 0 aliphatic carbocycles. The molecule has 0 unspecified atom stereocenters. The normalized spacial score (nSPS) is 11.5. The second-order valence-electron chi connectivity index (χ2n) is 6.24. The van der Waals surface area contributed by atoms with E-state index < -0.39 is 5.82 Å². The molecule has 3 rings (SSSR count). The van der Waals surface area contributed by atoms with Crippen LogP contribution in [-0.2, 0) is 6.54 Å². The summed E-state index contributed by atoms with van der Waals surface area (Å²) in [6, 6.07) is 8.24. The Balaban J connectivity index is 1.84. The van der Waals surface area contributed by atoms with Crippen LogP contribution in [0.25, 0.3) is 11.1 Å². The molecule has 0 aliphatic rings. The standard InChI is InChI=1S/C18H19ClFN3O2S/c1-11-8-13(26-21-12-4-5-15(20)14(19)9-12)10-16-17(11)23(18(24)25-16)7-6-22(2)3/h4-5,8-10,21H,6-7H2,1-3H3. The minimum absolute atomic E-state index is 0.0613. The summed E-state index contributed by atoms with van der Waals surface area (Å²) in [6.45, 7) is 3.26. The highest BCUT2D eigenvalue weighted by molar-refractivity contribution is 8.00. The smallest absolute Gasteiger partial charge is 0.408 e. The van der Waals surface area contributed by atoms with Gasteiger partial charge >= 0.3 is 5.76 Å². The summed E-state index contributed by atoms with van der Waals surface area (Å²) in [4.78, 5) is 15.1. The van der Waals surface area contributed by atoms with Crippen LogP contribution in [0.5, 0.6) is 0 Å². The number of anilines is 1. The topological polar surface area (TPSA) is 50.4 Å². The van der Waals surface area contributed by atoms with E-state index in [2.05, 4.69) is 4.72 Å². The van der Waals surface area contributed by atoms with Crippen molar-refractivity contribution in [2.75, 3.05) is 25.4 Å². The third-order valence-electron chi connectivity index (χ3n) is 3.90. The molecule has 0 spiro atoms. The highest BCUT2D eigenvalue weighted by atomic mass is 35.5. The molecule has 0 fully saturated rings. The van der Waals surface area contributed by atoms with Crippen LogP contribution >= 0.6 is 23.5 Å². The number of aromatic nitrogens is 1. The molecule has 0 saturated carbocycles. The summed E-state index contributed by atoms with van der Waals surface area (Å²) >= 11 is 7.13. The molecule has 0 atom stereocenters. The van der Waals surface area contributed by atoms with Crippen LogP contribution in [-0.4, -0.2) is 30.1 Å². The third kappa shape index (κ3) is 4.06. The van der Waals surface area contributed by atoms with Crippen LogP contribution in [0.1, 0.15) is 5.56 Å². The predicted octanol–water partition coefficient (Wildman–Crippen LogP) is 4.38. The second kappa shape index (κ2) is 7.73. The van der Waals surface area contributed by atoms with Gasteiger partial charge in [0.05, 0.1) is 10.5 Å². The summed E-state index contributed by atoms with van der Waals surface area (Å²) in [5, 5.41) is 0.0613. The average molecular weight is 396 g/mol. The molecule has 5 nitrogen and oxygen atoms in total. The number of rotatable bonds is 6. The van der Waals surface area contributed by atoms with E-state index in [1.54, 1.807) is 10.6 Å². The molecule has 26 heavy (non-hydrogen) atoms. The first kappa shape index (κ1) is 18.8. The van der Waals surface area contributed by atoms with Crippen molar-refractivity contribution in [2.24, 2.45) is 0 Å². The van der Waals surface area contributed by atoms with E-state index in [1.807, 2.05) is 38.1 Å². The molecule has 3 aromatic rings. The Bertz CT molecular complexity index is 1000. The zero-order chi connectivity index (χ0) is 18.8. The van der Waals surface area contributed by atoms with E-state index in [9.17, 15) is 9.18 Å². The second-order valence-corrected chi connectivity index (χ2v) is 7.53. The lowest BCUT2D eigenvalue weighted by molar-refractivity contribution is 0.374. The van der Waals surface area contributed by atoms with Gasteiger partial charge in [0.1, 0.15) is 5.82 Å². The molecule has 1 N–H and O–H groups in total. The number of aryl methyl sites for hydroxylation is 1. The van der Waals surface area contributed by atoms with Gasteiger partial charge in [-0.05, 0) is 68.9 Å². The number of likely N-dealkylation sites (N-methyl/N-ethyl adjacent to an activating group) is 1. The fourth-order valence-electron chi connectivity index (χ4n) is 2.62. The van der Waals surface area contributed by atoms with Gasteiger partial charge in [-0.3, -0.25) is 4.57 Å². The number of fused-ring (bicyclic) bond motifs is 1. The van der Waals surface area contributed by atoms with Gasteiger partial charge in [-0.2, -0.15) is 0 Å². The van der Waals surface area contributed by atoms with Crippen molar-refractivity contribution in [3.63, 3.8) is 0 Å². The Labute approximate surface area is 159 Å². The number of halogens is 2. The fraction of sp³-hybridized carbons (Fsp3) is 0.278. The Morgan fingerprint density at radius 1 is 1.31 bits per heavy atom. The van der Waals surface area contributed by atoms with Crippen molar-refractivity contribution in [1.82, 2.24) is 9.47 Å². The van der Waals surface area contributed by atoms with Crippen LogP contribution in [0.3, 0.4) is 0 Å². The third-order valence-corrected chi connectivity index (χ3v) is 5.00. The van der Waals surface area contributed by atoms with Crippen molar-refractivity contribution < 1.29 is 8.81 Å². The highest BCUT2D eigenvalue weighted by Crippen LogP contribution is 2.29. The molecule has 0 radical (unpaired) electrons. The van der Waals surface area contributed by atoms with E-state index in [4.69, 9.17) is 16.0 Å². The largest absolute Gasteiger partial charge is 0.420 e. The maximum atomic E-state index is 13.2. The van der Waals surface area contributed by atoms with E-state index in [1.165, 1.54) is 24.1 Å². The lowest BCUT2D eigenvalue weighted by atomic mass is 10.2. The summed E-state index contributed by atoms with van der Waals surface area (Å²) in [6.07, 6.45) is 0. The number of nitrogens with zero attached hydrogens (tertiary/aromatic N) is 2. The zero-order valence-corrected chi connectivity index (χ0v) is 16.2. The van der Waals surface area contributed by atoms with Crippen molar-refractivity contribution in [3.8, 4) is 0 Å². The predicted molar refractivity (Wildman–Crippen MR) is 105 cm³/mol. The van der Waals surface area contributed by atoms with Crippen LogP contribution in [0.4, 0.5) is 10.1 Å². The lowest BCUT2D eigenvalue weighted by Gasteiger charge is -2.11. The number of benzene rings is 2. The molecule has 2 aromatic carbocycles. The zero-order valence-electron chi connectivity index (χ0n) is 14.7. The van der Waals surface area contributed by atoms with Gasteiger partial charge in [0.2, 0.25) is 0 Å². The lowest BCUT2D eigenvalue weighted by Crippen LogP contribution is -2.23. The van der Waals surface area contributed by atoms with E-state index in [0.717, 1.165) is 22.5 Å². The van der Waals surface area contributed by atoms with Gasteiger partial charge in [-0.25, -0.2) is 9.18 Å². The van der Waals surface area contributed by atoms with Gasteiger partial charge in [0.15, 0.2) is 5.58 Å². The van der Waals surface area contributed by atoms with Gasteiger partial charge in [-0.15, -0.1) is 0 Å². The van der Waals surface area contributed by atoms with E-state index in [0.29, 0.717) is 17.8 Å². The van der Waals surface area contributed by atoms with E-state index >= 15 is 0 Å². The first-order valence-electron chi connectivity index (χ1n) is 8.02. The van der Waals surface area contributed by atoms with Gasteiger partial charge < -0.3 is 14.0 Å². The molecule has 138 valence electrons. The summed E-state index contributed by atoms with van der Waals surface area (Å²) in [5.74, 6) is -0.814. The number of hydrogen-bond donors (Lipinski definition) is 1. The van der Waals surface area contributed by atoms with Crippen molar-refractivity contribution in [1.29, 1.82) is 0 Å². The summed E-state index contributed by atoms with van der Waals surface area (Å²) in [7, 11) is 3.92. The Morgan fingerprint density at radius 3 is 2.77 bits per heavy atom. The molecule has 0 aliphatic heterocycles. The minimum Gasteiger partial charge on any atom is -0.408 e. The van der Waals surface area contributed by atoms with E-state index in [-0.39, 0.29) is 10.8 Å². The molecule has 0 saturated heterocycles. The minimum atomic E-state index is -0.458. The monoisotopic (exact) mass is 395 g/mol. The molecule has 0 amide bonds. The SMILES string of the molecule is Cc1cc(SNc2ccc(F)c(Cl)c2)cc2oc(=O)n(CCN(C)C)c12. The van der Waals surface area contributed by atoms with Gasteiger partial charge in [0, 0.05) is 23.7 Å². The van der Waals surface area contributed by atoms with Crippen LogP contribution in [0, 0.1) is 12.7 Å². The van der Waals surface area contributed by atoms with Gasteiger partial charge in [0.25, 0.3) is 0 Å². The van der Waals surface area contributed by atoms with Crippen LogP contribution in [0.2, 0.25) is 5.02 Å². The molecular formula is C18H19ClFN3O2S. The molecule has 8 heteroatoms. The first-order valence-corrected chi connectivity index (χ1v) is 9.21. The van der Waals surface area contributed by atoms with Crippen molar-refractivity contribution in [2.45, 2.75) is 18.4 Å². The Hall–Kier alpha value is -1.96. The average Bonchev–Trinajstić information content (AvgIpc) is 2.89. The fourth-order valence-corrected chi connectivity index (χ4v) is 3.56. The van der Waals surface area contributed by atoms with Crippen LogP contribution < -0.4 is 10.5 Å². The molecule has 1 aromatic heterocycles. The number of nitrogens with one attached hydrogen (secondary N) is 1. The van der Waals surface area contributed by atoms with Crippen LogP contribution in [0.15, 0.2) is 44.4 Å². The maximum Gasteiger partial charge on any atom is 0.420 e. The number of hydrogen-bond acceptors (Lipinski definition) is 5. The maximum absolute atomic E-state index is 13.2. The molecule has 0 bridgehead atoms. The molecule has 1 heterocycles. The summed E-state index contributed by atoms with van der Waals surface area (Å²) < 4.78 is 23.4. The molecular weight excluding hydrogens is 377 g/mol. The Kier molecular flexibility index (Phi) is 5.60. The van der Waals surface area contributed by atoms with Crippen molar-refractivity contribution in [3.05, 3.63) is 57.3 Å². The number of oxazole rings is 1. The van der Waals surface area contributed by atoms with Crippen molar-refractivity contribution >= 4 is 40.3 Å². The quantitative estimate of drug-likeness (QED) is 0.628. The first-order chi connectivity index (χ1) is 12.3. The summed E-state index contributed by atoms with van der Waals surface area (Å²) in [5.41, 5.74) is 3.00. The highest BCUT2D eigenvalue weighted by Gasteiger charge is 2.13. The Morgan fingerprint density at radius 2 is 2.08 bits per heavy atom.